The number of nitrogens with one attached hydrogen (secondary N) is 1. The summed E-state index contributed by atoms with van der Waals surface area (Å²) in [7, 11) is 1.73. The van der Waals surface area contributed by atoms with Crippen molar-refractivity contribution < 1.29 is 4.74 Å². The Labute approximate surface area is 137 Å². The van der Waals surface area contributed by atoms with Crippen molar-refractivity contribution in [3.63, 3.8) is 0 Å². The molecule has 118 valence electrons. The van der Waals surface area contributed by atoms with Crippen LogP contribution < -0.4 is 10.1 Å². The Morgan fingerprint density at radius 3 is 2.90 bits per heavy atom. The largest absolute Gasteiger partial charge is 0.495 e. The van der Waals surface area contributed by atoms with Crippen LogP contribution in [0.15, 0.2) is 18.3 Å². The fourth-order valence-corrected chi connectivity index (χ4v) is 5.95. The Bertz CT molecular complexity index is 430. The van der Waals surface area contributed by atoms with Crippen LogP contribution in [0.25, 0.3) is 0 Å². The summed E-state index contributed by atoms with van der Waals surface area (Å²) in [5.74, 6) is 3.39. The van der Waals surface area contributed by atoms with Crippen LogP contribution in [0.1, 0.15) is 38.4 Å². The molecule has 2 rings (SSSR count). The molecule has 1 aliphatic heterocycles. The SMILES string of the molecule is CCCNC(c1ncccc1OC)C1SCCSC1CC. The van der Waals surface area contributed by atoms with E-state index in [4.69, 9.17) is 4.74 Å². The number of hydrogen-bond acceptors (Lipinski definition) is 5. The minimum absolute atomic E-state index is 0.267. The Balaban J connectivity index is 2.28. The first-order chi connectivity index (χ1) is 10.3. The topological polar surface area (TPSA) is 34.2 Å². The molecular weight excluding hydrogens is 300 g/mol. The zero-order valence-electron chi connectivity index (χ0n) is 13.2. The summed E-state index contributed by atoms with van der Waals surface area (Å²) >= 11 is 4.20. The molecule has 1 fully saturated rings. The van der Waals surface area contributed by atoms with E-state index in [2.05, 4.69) is 47.7 Å². The quantitative estimate of drug-likeness (QED) is 0.825. The summed E-state index contributed by atoms with van der Waals surface area (Å²) in [5, 5.41) is 4.96. The van der Waals surface area contributed by atoms with Gasteiger partial charge in [0.15, 0.2) is 0 Å². The number of thioether (sulfide) groups is 2. The van der Waals surface area contributed by atoms with Gasteiger partial charge in [0.2, 0.25) is 0 Å². The van der Waals surface area contributed by atoms with Crippen LogP contribution in [-0.4, -0.2) is 40.6 Å². The molecule has 3 nitrogen and oxygen atoms in total. The Morgan fingerprint density at radius 2 is 2.19 bits per heavy atom. The Morgan fingerprint density at radius 1 is 1.38 bits per heavy atom. The summed E-state index contributed by atoms with van der Waals surface area (Å²) in [6.07, 6.45) is 4.22. The molecule has 0 aromatic carbocycles. The smallest absolute Gasteiger partial charge is 0.142 e. The molecule has 3 atom stereocenters. The highest BCUT2D eigenvalue weighted by molar-refractivity contribution is 8.07. The third-order valence-corrected chi connectivity index (χ3v) is 7.10. The van der Waals surface area contributed by atoms with Gasteiger partial charge in [-0.3, -0.25) is 4.98 Å². The molecule has 0 radical (unpaired) electrons. The average Bonchev–Trinajstić information content (AvgIpc) is 2.56. The molecule has 1 N–H and O–H groups in total. The maximum absolute atomic E-state index is 5.55. The van der Waals surface area contributed by atoms with Crippen molar-refractivity contribution in [2.24, 2.45) is 0 Å². The maximum Gasteiger partial charge on any atom is 0.142 e. The van der Waals surface area contributed by atoms with Gasteiger partial charge in [0.05, 0.1) is 13.2 Å². The van der Waals surface area contributed by atoms with Crippen molar-refractivity contribution in [3.05, 3.63) is 24.0 Å². The van der Waals surface area contributed by atoms with Crippen LogP contribution in [0.5, 0.6) is 5.75 Å². The van der Waals surface area contributed by atoms with Crippen molar-refractivity contribution in [3.8, 4) is 5.75 Å². The van der Waals surface area contributed by atoms with E-state index in [1.807, 2.05) is 18.3 Å². The lowest BCUT2D eigenvalue weighted by atomic mass is 10.0. The first kappa shape index (κ1) is 17.0. The molecule has 1 aliphatic rings. The van der Waals surface area contributed by atoms with Gasteiger partial charge < -0.3 is 10.1 Å². The van der Waals surface area contributed by atoms with Gasteiger partial charge in [-0.2, -0.15) is 23.5 Å². The van der Waals surface area contributed by atoms with Gasteiger partial charge in [0.25, 0.3) is 0 Å². The second-order valence-electron chi connectivity index (χ2n) is 5.18. The molecule has 0 amide bonds. The first-order valence-corrected chi connectivity index (χ1v) is 9.87. The second-order valence-corrected chi connectivity index (χ2v) is 7.81. The molecule has 1 aromatic rings. The summed E-state index contributed by atoms with van der Waals surface area (Å²) in [4.78, 5) is 4.64. The third kappa shape index (κ3) is 4.30. The van der Waals surface area contributed by atoms with Crippen LogP contribution in [0, 0.1) is 0 Å². The van der Waals surface area contributed by atoms with E-state index >= 15 is 0 Å². The van der Waals surface area contributed by atoms with Gasteiger partial charge >= 0.3 is 0 Å². The van der Waals surface area contributed by atoms with E-state index in [-0.39, 0.29) is 6.04 Å². The third-order valence-electron chi connectivity index (χ3n) is 3.75. The summed E-state index contributed by atoms with van der Waals surface area (Å²) < 4.78 is 5.55. The molecule has 21 heavy (non-hydrogen) atoms. The molecule has 0 aliphatic carbocycles. The monoisotopic (exact) mass is 326 g/mol. The molecule has 0 spiro atoms. The highest BCUT2D eigenvalue weighted by atomic mass is 32.2. The molecular formula is C16H26N2OS2. The van der Waals surface area contributed by atoms with Crippen molar-refractivity contribution in [2.45, 2.75) is 43.2 Å². The first-order valence-electron chi connectivity index (χ1n) is 7.77. The maximum atomic E-state index is 5.55. The highest BCUT2D eigenvalue weighted by Gasteiger charge is 2.34. The van der Waals surface area contributed by atoms with Crippen LogP contribution in [0.2, 0.25) is 0 Å². The molecule has 0 bridgehead atoms. The van der Waals surface area contributed by atoms with Crippen molar-refractivity contribution in [1.82, 2.24) is 10.3 Å². The lowest BCUT2D eigenvalue weighted by molar-refractivity contribution is 0.389. The molecule has 1 aromatic heterocycles. The minimum atomic E-state index is 0.267. The number of methoxy groups -OCH3 is 1. The molecule has 5 heteroatoms. The van der Waals surface area contributed by atoms with Crippen molar-refractivity contribution >= 4 is 23.5 Å². The lowest BCUT2D eigenvalue weighted by Gasteiger charge is -2.36. The van der Waals surface area contributed by atoms with Gasteiger partial charge in [-0.15, -0.1) is 0 Å². The Kier molecular flexibility index (Phi) is 7.20. The van der Waals surface area contributed by atoms with Gasteiger partial charge in [-0.1, -0.05) is 13.8 Å². The summed E-state index contributed by atoms with van der Waals surface area (Å²) in [5.41, 5.74) is 1.06. The van der Waals surface area contributed by atoms with Crippen LogP contribution >= 0.6 is 23.5 Å². The van der Waals surface area contributed by atoms with Gasteiger partial charge in [-0.25, -0.2) is 0 Å². The van der Waals surface area contributed by atoms with E-state index in [9.17, 15) is 0 Å². The van der Waals surface area contributed by atoms with Crippen molar-refractivity contribution in [2.75, 3.05) is 25.2 Å². The van der Waals surface area contributed by atoms with E-state index in [1.165, 1.54) is 17.9 Å². The molecule has 1 saturated heterocycles. The summed E-state index contributed by atoms with van der Waals surface area (Å²) in [6.45, 7) is 5.52. The van der Waals surface area contributed by atoms with Crippen molar-refractivity contribution in [1.29, 1.82) is 0 Å². The van der Waals surface area contributed by atoms with E-state index < -0.39 is 0 Å². The average molecular weight is 327 g/mol. The zero-order chi connectivity index (χ0) is 15.1. The molecule has 0 saturated carbocycles. The predicted octanol–water partition coefficient (Wildman–Crippen LogP) is 3.76. The minimum Gasteiger partial charge on any atom is -0.495 e. The number of hydrogen-bond donors (Lipinski definition) is 1. The standard InChI is InChI=1S/C16H26N2OS2/c1-4-8-17-15(14-12(19-3)7-6-9-18-14)16-13(5-2)20-10-11-21-16/h6-7,9,13,15-17H,4-5,8,10-11H2,1-3H3. The summed E-state index contributed by atoms with van der Waals surface area (Å²) in [6, 6.07) is 4.23. The number of ether oxygens (including phenoxy) is 1. The highest BCUT2D eigenvalue weighted by Crippen LogP contribution is 2.41. The van der Waals surface area contributed by atoms with Gasteiger partial charge in [0.1, 0.15) is 11.4 Å². The fraction of sp³-hybridized carbons (Fsp3) is 0.688. The predicted molar refractivity (Wildman–Crippen MR) is 94.6 cm³/mol. The Hall–Kier alpha value is -0.390. The fourth-order valence-electron chi connectivity index (χ4n) is 2.72. The number of rotatable bonds is 7. The van der Waals surface area contributed by atoms with Crippen LogP contribution in [0.4, 0.5) is 0 Å². The van der Waals surface area contributed by atoms with E-state index in [0.717, 1.165) is 24.4 Å². The van der Waals surface area contributed by atoms with Crippen LogP contribution in [-0.2, 0) is 0 Å². The molecule has 2 heterocycles. The lowest BCUT2D eigenvalue weighted by Crippen LogP contribution is -2.39. The van der Waals surface area contributed by atoms with E-state index in [1.54, 1.807) is 7.11 Å². The number of aromatic nitrogens is 1. The number of pyridine rings is 1. The van der Waals surface area contributed by atoms with Crippen LogP contribution in [0.3, 0.4) is 0 Å². The molecule has 3 unspecified atom stereocenters. The van der Waals surface area contributed by atoms with E-state index in [0.29, 0.717) is 10.5 Å². The van der Waals surface area contributed by atoms with Gasteiger partial charge in [0, 0.05) is 28.2 Å². The zero-order valence-corrected chi connectivity index (χ0v) is 14.8. The number of nitrogens with zero attached hydrogens (tertiary/aromatic N) is 1. The normalized spacial score (nSPS) is 23.8. The second kappa shape index (κ2) is 8.91. The van der Waals surface area contributed by atoms with Gasteiger partial charge in [-0.05, 0) is 31.5 Å².